The van der Waals surface area contributed by atoms with Crippen LogP contribution < -0.4 is 4.74 Å². The quantitative estimate of drug-likeness (QED) is 0.620. The van der Waals surface area contributed by atoms with Gasteiger partial charge in [0.15, 0.2) is 11.6 Å². The van der Waals surface area contributed by atoms with Gasteiger partial charge in [-0.2, -0.15) is 4.39 Å². The van der Waals surface area contributed by atoms with E-state index >= 15 is 0 Å². The van der Waals surface area contributed by atoms with Gasteiger partial charge in [0.1, 0.15) is 5.82 Å². The standard InChI is InChI=1S/C19H15F3O/c1-3-11-4-6-12(7-5-11)14-9-8-13-10-15(23-2)18(21)19(22)16(13)17(14)20/h4-10H,3H2,1-2H3. The van der Waals surface area contributed by atoms with E-state index in [2.05, 4.69) is 0 Å². The topological polar surface area (TPSA) is 9.23 Å². The Bertz CT molecular complexity index is 870. The van der Waals surface area contributed by atoms with E-state index in [1.807, 2.05) is 19.1 Å². The molecular formula is C19H15F3O. The molecule has 0 bridgehead atoms. The lowest BCUT2D eigenvalue weighted by Gasteiger charge is -2.11. The Hall–Kier alpha value is -2.49. The summed E-state index contributed by atoms with van der Waals surface area (Å²) in [6.07, 6.45) is 0.875. The molecule has 0 unspecified atom stereocenters. The fourth-order valence-electron chi connectivity index (χ4n) is 2.65. The van der Waals surface area contributed by atoms with Crippen molar-refractivity contribution in [1.29, 1.82) is 0 Å². The fourth-order valence-corrected chi connectivity index (χ4v) is 2.65. The zero-order chi connectivity index (χ0) is 16.6. The summed E-state index contributed by atoms with van der Waals surface area (Å²) >= 11 is 0. The minimum Gasteiger partial charge on any atom is -0.494 e. The molecule has 0 saturated heterocycles. The second-order valence-corrected chi connectivity index (χ2v) is 5.28. The molecule has 0 N–H and O–H groups in total. The Morgan fingerprint density at radius 1 is 0.870 bits per heavy atom. The molecule has 0 saturated carbocycles. The number of hydrogen-bond donors (Lipinski definition) is 0. The van der Waals surface area contributed by atoms with E-state index in [4.69, 9.17) is 4.74 Å². The number of rotatable bonds is 3. The molecular weight excluding hydrogens is 301 g/mol. The normalized spacial score (nSPS) is 11.0. The molecule has 0 aliphatic carbocycles. The second kappa shape index (κ2) is 5.95. The molecule has 4 heteroatoms. The van der Waals surface area contributed by atoms with Crippen molar-refractivity contribution in [3.05, 3.63) is 65.5 Å². The molecule has 118 valence electrons. The average Bonchev–Trinajstić information content (AvgIpc) is 2.58. The predicted molar refractivity (Wildman–Crippen MR) is 85.2 cm³/mol. The third kappa shape index (κ3) is 2.54. The number of benzene rings is 3. The minimum atomic E-state index is -1.23. The molecule has 0 heterocycles. The zero-order valence-electron chi connectivity index (χ0n) is 12.8. The summed E-state index contributed by atoms with van der Waals surface area (Å²) in [5.41, 5.74) is 1.98. The Labute approximate surface area is 132 Å². The molecule has 0 amide bonds. The second-order valence-electron chi connectivity index (χ2n) is 5.28. The molecule has 3 aromatic rings. The monoisotopic (exact) mass is 316 g/mol. The van der Waals surface area contributed by atoms with Gasteiger partial charge < -0.3 is 4.74 Å². The summed E-state index contributed by atoms with van der Waals surface area (Å²) in [6.45, 7) is 2.02. The Morgan fingerprint density at radius 3 is 2.17 bits per heavy atom. The minimum absolute atomic E-state index is 0.239. The van der Waals surface area contributed by atoms with Crippen LogP contribution in [0.5, 0.6) is 5.75 Å². The smallest absolute Gasteiger partial charge is 0.201 e. The number of hydrogen-bond acceptors (Lipinski definition) is 1. The van der Waals surface area contributed by atoms with Gasteiger partial charge in [0.2, 0.25) is 5.82 Å². The Morgan fingerprint density at radius 2 is 1.57 bits per heavy atom. The number of fused-ring (bicyclic) bond motifs is 1. The van der Waals surface area contributed by atoms with Crippen LogP contribution in [0.2, 0.25) is 0 Å². The van der Waals surface area contributed by atoms with Gasteiger partial charge in [-0.15, -0.1) is 0 Å². The average molecular weight is 316 g/mol. The summed E-state index contributed by atoms with van der Waals surface area (Å²) in [4.78, 5) is 0. The van der Waals surface area contributed by atoms with E-state index in [-0.39, 0.29) is 22.1 Å². The van der Waals surface area contributed by atoms with Crippen molar-refractivity contribution < 1.29 is 17.9 Å². The van der Waals surface area contributed by atoms with Crippen LogP contribution in [0.4, 0.5) is 13.2 Å². The van der Waals surface area contributed by atoms with E-state index in [0.717, 1.165) is 12.0 Å². The van der Waals surface area contributed by atoms with Crippen LogP contribution in [0.3, 0.4) is 0 Å². The lowest BCUT2D eigenvalue weighted by atomic mass is 9.98. The maximum atomic E-state index is 14.8. The molecule has 0 radical (unpaired) electrons. The number of methoxy groups -OCH3 is 1. The van der Waals surface area contributed by atoms with Gasteiger partial charge in [-0.1, -0.05) is 43.3 Å². The summed E-state index contributed by atoms with van der Waals surface area (Å²) in [6, 6.07) is 11.8. The van der Waals surface area contributed by atoms with Crippen molar-refractivity contribution in [1.82, 2.24) is 0 Å². The van der Waals surface area contributed by atoms with Gasteiger partial charge in [-0.25, -0.2) is 8.78 Å². The highest BCUT2D eigenvalue weighted by Crippen LogP contribution is 2.34. The van der Waals surface area contributed by atoms with Crippen molar-refractivity contribution >= 4 is 10.8 Å². The van der Waals surface area contributed by atoms with Crippen LogP contribution in [0, 0.1) is 17.5 Å². The van der Waals surface area contributed by atoms with Crippen molar-refractivity contribution in [3.8, 4) is 16.9 Å². The molecule has 0 spiro atoms. The predicted octanol–water partition coefficient (Wildman–Crippen LogP) is 5.50. The first kappa shape index (κ1) is 15.4. The Balaban J connectivity index is 2.23. The van der Waals surface area contributed by atoms with E-state index in [9.17, 15) is 13.2 Å². The molecule has 0 fully saturated rings. The van der Waals surface area contributed by atoms with E-state index in [1.54, 1.807) is 24.3 Å². The summed E-state index contributed by atoms with van der Waals surface area (Å²) in [5, 5.41) is -0.104. The van der Waals surface area contributed by atoms with Crippen molar-refractivity contribution in [3.63, 3.8) is 0 Å². The first-order valence-corrected chi connectivity index (χ1v) is 7.30. The van der Waals surface area contributed by atoms with Crippen LogP contribution in [-0.2, 0) is 6.42 Å². The third-order valence-corrected chi connectivity index (χ3v) is 3.98. The van der Waals surface area contributed by atoms with Gasteiger partial charge >= 0.3 is 0 Å². The van der Waals surface area contributed by atoms with Crippen LogP contribution in [-0.4, -0.2) is 7.11 Å². The van der Waals surface area contributed by atoms with Gasteiger partial charge in [-0.3, -0.25) is 0 Å². The lowest BCUT2D eigenvalue weighted by Crippen LogP contribution is -1.97. The van der Waals surface area contributed by atoms with Crippen LogP contribution in [0.15, 0.2) is 42.5 Å². The zero-order valence-corrected chi connectivity index (χ0v) is 12.8. The number of halogens is 3. The lowest BCUT2D eigenvalue weighted by molar-refractivity contribution is 0.374. The third-order valence-electron chi connectivity index (χ3n) is 3.98. The molecule has 0 aliphatic heterocycles. The van der Waals surface area contributed by atoms with Gasteiger partial charge in [0, 0.05) is 5.56 Å². The summed E-state index contributed by atoms with van der Waals surface area (Å²) in [5.74, 6) is -3.43. The molecule has 1 nitrogen and oxygen atoms in total. The van der Waals surface area contributed by atoms with Crippen LogP contribution in [0.1, 0.15) is 12.5 Å². The fraction of sp³-hybridized carbons (Fsp3) is 0.158. The Kier molecular flexibility index (Phi) is 3.99. The maximum Gasteiger partial charge on any atom is 0.201 e. The van der Waals surface area contributed by atoms with E-state index < -0.39 is 17.5 Å². The van der Waals surface area contributed by atoms with E-state index in [0.29, 0.717) is 5.56 Å². The molecule has 0 atom stereocenters. The van der Waals surface area contributed by atoms with Crippen molar-refractivity contribution in [2.75, 3.05) is 7.11 Å². The van der Waals surface area contributed by atoms with Gasteiger partial charge in [0.05, 0.1) is 12.5 Å². The molecule has 3 aromatic carbocycles. The molecule has 0 aromatic heterocycles. The maximum absolute atomic E-state index is 14.8. The van der Waals surface area contributed by atoms with Gasteiger partial charge in [0.25, 0.3) is 0 Å². The van der Waals surface area contributed by atoms with Crippen molar-refractivity contribution in [2.45, 2.75) is 13.3 Å². The number of aryl methyl sites for hydroxylation is 1. The largest absolute Gasteiger partial charge is 0.494 e. The molecule has 0 aliphatic rings. The summed E-state index contributed by atoms with van der Waals surface area (Å²) in [7, 11) is 1.24. The SMILES string of the molecule is CCc1ccc(-c2ccc3cc(OC)c(F)c(F)c3c2F)cc1. The van der Waals surface area contributed by atoms with E-state index in [1.165, 1.54) is 13.2 Å². The number of ether oxygens (including phenoxy) is 1. The van der Waals surface area contributed by atoms with Crippen molar-refractivity contribution in [2.24, 2.45) is 0 Å². The first-order chi connectivity index (χ1) is 11.1. The highest BCUT2D eigenvalue weighted by atomic mass is 19.2. The molecule has 3 rings (SSSR count). The van der Waals surface area contributed by atoms with Gasteiger partial charge in [-0.05, 0) is 29.0 Å². The highest BCUT2D eigenvalue weighted by Gasteiger charge is 2.19. The molecule has 23 heavy (non-hydrogen) atoms. The van der Waals surface area contributed by atoms with Crippen LogP contribution in [0.25, 0.3) is 21.9 Å². The highest BCUT2D eigenvalue weighted by molar-refractivity contribution is 5.90. The van der Waals surface area contributed by atoms with Crippen LogP contribution >= 0.6 is 0 Å². The first-order valence-electron chi connectivity index (χ1n) is 7.30. The summed E-state index contributed by atoms with van der Waals surface area (Å²) < 4.78 is 47.6.